The van der Waals surface area contributed by atoms with E-state index >= 15 is 0 Å². The Balaban J connectivity index is 1.47. The number of rotatable bonds is 9. The number of benzene rings is 1. The van der Waals surface area contributed by atoms with Gasteiger partial charge < -0.3 is 10.1 Å². The van der Waals surface area contributed by atoms with E-state index in [2.05, 4.69) is 27.1 Å². The molecule has 2 aliphatic rings. The maximum Gasteiger partial charge on any atom is 0.416 e. The zero-order valence-corrected chi connectivity index (χ0v) is 20.4. The van der Waals surface area contributed by atoms with Crippen molar-refractivity contribution in [2.45, 2.75) is 58.0 Å². The van der Waals surface area contributed by atoms with Crippen LogP contribution in [0.2, 0.25) is 0 Å². The average Bonchev–Trinajstić information content (AvgIpc) is 3.45. The fourth-order valence-corrected chi connectivity index (χ4v) is 5.12. The van der Waals surface area contributed by atoms with Gasteiger partial charge in [0.1, 0.15) is 0 Å². The quantitative estimate of drug-likeness (QED) is 0.581. The van der Waals surface area contributed by atoms with Gasteiger partial charge in [0.2, 0.25) is 0 Å². The standard InChI is InChI=1S/C25H34F3N5O2/c1-3-32-11-4-5-20(32)15-29-24(34)23-21-17-31(12-10-22(21)33(30-23)13-14-35-2)16-18-6-8-19(9-7-18)25(26,27)28/h6-9,20H,3-5,10-17H2,1-2H3,(H,29,34)/t20-/m1/s1. The first-order chi connectivity index (χ1) is 16.8. The van der Waals surface area contributed by atoms with Gasteiger partial charge in [-0.25, -0.2) is 0 Å². The van der Waals surface area contributed by atoms with Crippen molar-refractivity contribution in [3.05, 3.63) is 52.3 Å². The van der Waals surface area contributed by atoms with E-state index in [0.29, 0.717) is 50.9 Å². The van der Waals surface area contributed by atoms with Crippen molar-refractivity contribution < 1.29 is 22.7 Å². The number of ether oxygens (including phenoxy) is 1. The summed E-state index contributed by atoms with van der Waals surface area (Å²) in [6.07, 6.45) is -1.40. The van der Waals surface area contributed by atoms with Crippen LogP contribution in [0.3, 0.4) is 0 Å². The Hall–Kier alpha value is -2.43. The van der Waals surface area contributed by atoms with Crippen LogP contribution in [-0.2, 0) is 37.0 Å². The zero-order valence-electron chi connectivity index (χ0n) is 20.4. The molecule has 1 saturated heterocycles. The van der Waals surface area contributed by atoms with E-state index in [0.717, 1.165) is 61.4 Å². The average molecular weight is 494 g/mol. The molecule has 10 heteroatoms. The highest BCUT2D eigenvalue weighted by Gasteiger charge is 2.31. The van der Waals surface area contributed by atoms with Crippen LogP contribution in [0, 0.1) is 0 Å². The summed E-state index contributed by atoms with van der Waals surface area (Å²) < 4.78 is 45.8. The van der Waals surface area contributed by atoms with Gasteiger partial charge in [-0.05, 0) is 43.6 Å². The number of nitrogens with one attached hydrogen (secondary N) is 1. The van der Waals surface area contributed by atoms with E-state index in [-0.39, 0.29) is 5.91 Å². The van der Waals surface area contributed by atoms with Gasteiger partial charge in [0.15, 0.2) is 5.69 Å². The number of aromatic nitrogens is 2. The van der Waals surface area contributed by atoms with Gasteiger partial charge >= 0.3 is 6.18 Å². The summed E-state index contributed by atoms with van der Waals surface area (Å²) in [5.41, 5.74) is 2.53. The Morgan fingerprint density at radius 3 is 2.69 bits per heavy atom. The van der Waals surface area contributed by atoms with E-state index in [1.807, 2.05) is 4.68 Å². The third-order valence-electron chi connectivity index (χ3n) is 7.03. The number of nitrogens with zero attached hydrogens (tertiary/aromatic N) is 4. The SMILES string of the molecule is CCN1CCC[C@@H]1CNC(=O)c1nn(CCOC)c2c1CN(Cc1ccc(C(F)(F)F)cc1)CC2. The van der Waals surface area contributed by atoms with Crippen LogP contribution in [0.25, 0.3) is 0 Å². The Labute approximate surface area is 204 Å². The van der Waals surface area contributed by atoms with E-state index < -0.39 is 11.7 Å². The van der Waals surface area contributed by atoms with E-state index in [1.54, 1.807) is 7.11 Å². The van der Waals surface area contributed by atoms with Gasteiger partial charge in [0.25, 0.3) is 5.91 Å². The Morgan fingerprint density at radius 1 is 1.23 bits per heavy atom. The van der Waals surface area contributed by atoms with Crippen LogP contribution in [-0.4, -0.2) is 71.4 Å². The van der Waals surface area contributed by atoms with Gasteiger partial charge in [-0.3, -0.25) is 19.3 Å². The molecule has 0 saturated carbocycles. The van der Waals surface area contributed by atoms with E-state index in [9.17, 15) is 18.0 Å². The molecule has 192 valence electrons. The van der Waals surface area contributed by atoms with Gasteiger partial charge in [-0.1, -0.05) is 19.1 Å². The molecule has 0 radical (unpaired) electrons. The van der Waals surface area contributed by atoms with E-state index in [4.69, 9.17) is 4.74 Å². The van der Waals surface area contributed by atoms with Crippen LogP contribution < -0.4 is 5.32 Å². The number of carbonyl (C=O) groups is 1. The smallest absolute Gasteiger partial charge is 0.383 e. The first-order valence-corrected chi connectivity index (χ1v) is 12.3. The number of amides is 1. The van der Waals surface area contributed by atoms with Crippen molar-refractivity contribution in [2.24, 2.45) is 0 Å². The molecular formula is C25H34F3N5O2. The number of likely N-dealkylation sites (N-methyl/N-ethyl adjacent to an activating group) is 1. The van der Waals surface area contributed by atoms with Crippen molar-refractivity contribution in [2.75, 3.05) is 39.9 Å². The van der Waals surface area contributed by atoms with Crippen LogP contribution in [0.15, 0.2) is 24.3 Å². The zero-order chi connectivity index (χ0) is 25.0. The Bertz CT molecular complexity index is 1010. The lowest BCUT2D eigenvalue weighted by Gasteiger charge is -2.28. The molecule has 3 heterocycles. The second-order valence-corrected chi connectivity index (χ2v) is 9.28. The summed E-state index contributed by atoms with van der Waals surface area (Å²) >= 11 is 0. The van der Waals surface area contributed by atoms with Crippen molar-refractivity contribution >= 4 is 5.91 Å². The summed E-state index contributed by atoms with van der Waals surface area (Å²) in [4.78, 5) is 17.7. The number of methoxy groups -OCH3 is 1. The number of likely N-dealkylation sites (tertiary alicyclic amines) is 1. The molecule has 35 heavy (non-hydrogen) atoms. The van der Waals surface area contributed by atoms with Crippen molar-refractivity contribution in [3.63, 3.8) is 0 Å². The summed E-state index contributed by atoms with van der Waals surface area (Å²) in [6, 6.07) is 5.64. The lowest BCUT2D eigenvalue weighted by molar-refractivity contribution is -0.137. The van der Waals surface area contributed by atoms with Crippen LogP contribution in [0.5, 0.6) is 0 Å². The number of fused-ring (bicyclic) bond motifs is 1. The summed E-state index contributed by atoms with van der Waals surface area (Å²) in [5.74, 6) is -0.170. The van der Waals surface area contributed by atoms with Gasteiger partial charge in [0.05, 0.1) is 18.7 Å². The first-order valence-electron chi connectivity index (χ1n) is 12.3. The maximum absolute atomic E-state index is 13.2. The molecule has 0 bridgehead atoms. The summed E-state index contributed by atoms with van der Waals surface area (Å²) in [6.45, 7) is 7.61. The number of hydrogen-bond donors (Lipinski definition) is 1. The molecule has 0 spiro atoms. The van der Waals surface area contributed by atoms with Gasteiger partial charge in [0, 0.05) is 57.0 Å². The van der Waals surface area contributed by atoms with Gasteiger partial charge in [-0.15, -0.1) is 0 Å². The molecule has 2 aromatic rings. The topological polar surface area (TPSA) is 62.6 Å². The molecule has 1 fully saturated rings. The highest BCUT2D eigenvalue weighted by Crippen LogP contribution is 2.30. The van der Waals surface area contributed by atoms with Crippen LogP contribution in [0.1, 0.15) is 52.6 Å². The number of carbonyl (C=O) groups excluding carboxylic acids is 1. The first kappa shape index (κ1) is 25.7. The third kappa shape index (κ3) is 6.05. The summed E-state index contributed by atoms with van der Waals surface area (Å²) in [5, 5.41) is 7.75. The lowest BCUT2D eigenvalue weighted by atomic mass is 10.0. The predicted octanol–water partition coefficient (Wildman–Crippen LogP) is 3.32. The molecular weight excluding hydrogens is 459 g/mol. The van der Waals surface area contributed by atoms with Gasteiger partial charge in [-0.2, -0.15) is 18.3 Å². The second kappa shape index (κ2) is 11.1. The van der Waals surface area contributed by atoms with Crippen molar-refractivity contribution in [1.82, 2.24) is 24.9 Å². The molecule has 1 N–H and O–H groups in total. The highest BCUT2D eigenvalue weighted by molar-refractivity contribution is 5.94. The molecule has 2 aliphatic heterocycles. The van der Waals surface area contributed by atoms with Crippen molar-refractivity contribution in [1.29, 1.82) is 0 Å². The Kier molecular flexibility index (Phi) is 8.13. The lowest BCUT2D eigenvalue weighted by Crippen LogP contribution is -2.40. The minimum Gasteiger partial charge on any atom is -0.383 e. The molecule has 1 amide bonds. The molecule has 4 rings (SSSR count). The molecule has 1 aromatic heterocycles. The number of hydrogen-bond acceptors (Lipinski definition) is 5. The number of alkyl halides is 3. The molecule has 0 unspecified atom stereocenters. The molecule has 1 aromatic carbocycles. The van der Waals surface area contributed by atoms with E-state index in [1.165, 1.54) is 12.1 Å². The van der Waals surface area contributed by atoms with Crippen LogP contribution >= 0.6 is 0 Å². The largest absolute Gasteiger partial charge is 0.416 e. The fraction of sp³-hybridized carbons (Fsp3) is 0.600. The normalized spacial score (nSPS) is 19.2. The molecule has 7 nitrogen and oxygen atoms in total. The molecule has 0 aliphatic carbocycles. The predicted molar refractivity (Wildman–Crippen MR) is 126 cm³/mol. The third-order valence-corrected chi connectivity index (χ3v) is 7.03. The number of halogens is 3. The minimum atomic E-state index is -4.34. The van der Waals surface area contributed by atoms with Crippen LogP contribution in [0.4, 0.5) is 13.2 Å². The molecule has 1 atom stereocenters. The Morgan fingerprint density at radius 2 is 2.00 bits per heavy atom. The highest BCUT2D eigenvalue weighted by atomic mass is 19.4. The summed E-state index contributed by atoms with van der Waals surface area (Å²) in [7, 11) is 1.64. The maximum atomic E-state index is 13.2. The monoisotopic (exact) mass is 493 g/mol. The fourth-order valence-electron chi connectivity index (χ4n) is 5.12. The van der Waals surface area contributed by atoms with Crippen molar-refractivity contribution in [3.8, 4) is 0 Å². The second-order valence-electron chi connectivity index (χ2n) is 9.28. The minimum absolute atomic E-state index is 0.170.